The van der Waals surface area contributed by atoms with Crippen LogP contribution in [0.25, 0.3) is 11.3 Å². The lowest BCUT2D eigenvalue weighted by Gasteiger charge is -2.09. The highest BCUT2D eigenvalue weighted by Crippen LogP contribution is 2.29. The van der Waals surface area contributed by atoms with Gasteiger partial charge in [-0.3, -0.25) is 0 Å². The molecular weight excluding hydrogens is 234 g/mol. The third kappa shape index (κ3) is 2.87. The third-order valence-electron chi connectivity index (χ3n) is 3.46. The molecule has 102 valence electrons. The Labute approximate surface area is 115 Å². The standard InChI is InChI=1S/C16H23N3/c1-10-8-11(2)15(12(3)9-10)16-13(4)18-14(19-16)6-7-17-5/h8-9,17H,6-7H2,1-5H3,(H,18,19). The Morgan fingerprint density at radius 2 is 1.74 bits per heavy atom. The topological polar surface area (TPSA) is 40.7 Å². The van der Waals surface area contributed by atoms with Crippen molar-refractivity contribution in [3.63, 3.8) is 0 Å². The highest BCUT2D eigenvalue weighted by molar-refractivity contribution is 5.70. The molecular formula is C16H23N3. The maximum absolute atomic E-state index is 4.77. The van der Waals surface area contributed by atoms with Gasteiger partial charge in [0, 0.05) is 24.2 Å². The SMILES string of the molecule is CNCCc1nc(-c2c(C)cc(C)cc2C)c(C)[nH]1. The Hall–Kier alpha value is -1.61. The van der Waals surface area contributed by atoms with E-state index in [2.05, 4.69) is 50.1 Å². The molecule has 0 atom stereocenters. The van der Waals surface area contributed by atoms with E-state index < -0.39 is 0 Å². The number of nitrogens with one attached hydrogen (secondary N) is 2. The molecule has 0 bridgehead atoms. The third-order valence-corrected chi connectivity index (χ3v) is 3.46. The van der Waals surface area contributed by atoms with Crippen LogP contribution in [0.15, 0.2) is 12.1 Å². The summed E-state index contributed by atoms with van der Waals surface area (Å²) in [6.45, 7) is 9.51. The lowest BCUT2D eigenvalue weighted by Crippen LogP contribution is -2.11. The lowest BCUT2D eigenvalue weighted by atomic mass is 9.96. The maximum atomic E-state index is 4.77. The van der Waals surface area contributed by atoms with Crippen molar-refractivity contribution in [3.8, 4) is 11.3 Å². The molecule has 2 aromatic rings. The zero-order valence-corrected chi connectivity index (χ0v) is 12.5. The van der Waals surface area contributed by atoms with E-state index in [1.165, 1.54) is 22.3 Å². The zero-order valence-electron chi connectivity index (χ0n) is 12.5. The van der Waals surface area contributed by atoms with E-state index in [9.17, 15) is 0 Å². The number of aryl methyl sites for hydroxylation is 4. The fraction of sp³-hybridized carbons (Fsp3) is 0.438. The van der Waals surface area contributed by atoms with Crippen molar-refractivity contribution >= 4 is 0 Å². The van der Waals surface area contributed by atoms with Gasteiger partial charge in [0.25, 0.3) is 0 Å². The van der Waals surface area contributed by atoms with Crippen LogP contribution in [0.1, 0.15) is 28.2 Å². The number of likely N-dealkylation sites (N-methyl/N-ethyl adjacent to an activating group) is 1. The van der Waals surface area contributed by atoms with E-state index in [4.69, 9.17) is 4.98 Å². The zero-order chi connectivity index (χ0) is 14.0. The summed E-state index contributed by atoms with van der Waals surface area (Å²) in [6.07, 6.45) is 0.932. The van der Waals surface area contributed by atoms with Gasteiger partial charge in [-0.1, -0.05) is 17.7 Å². The molecule has 0 fully saturated rings. The van der Waals surface area contributed by atoms with Crippen LogP contribution in [-0.4, -0.2) is 23.6 Å². The van der Waals surface area contributed by atoms with E-state index in [1.54, 1.807) is 0 Å². The Balaban J connectivity index is 2.44. The number of aromatic nitrogens is 2. The molecule has 3 nitrogen and oxygen atoms in total. The van der Waals surface area contributed by atoms with E-state index >= 15 is 0 Å². The fourth-order valence-electron chi connectivity index (χ4n) is 2.68. The summed E-state index contributed by atoms with van der Waals surface area (Å²) < 4.78 is 0. The molecule has 0 aliphatic rings. The van der Waals surface area contributed by atoms with Crippen molar-refractivity contribution in [2.75, 3.05) is 13.6 Å². The van der Waals surface area contributed by atoms with Crippen molar-refractivity contribution in [3.05, 3.63) is 40.3 Å². The fourth-order valence-corrected chi connectivity index (χ4v) is 2.68. The van der Waals surface area contributed by atoms with Crippen molar-refractivity contribution in [2.24, 2.45) is 0 Å². The van der Waals surface area contributed by atoms with Crippen molar-refractivity contribution in [1.82, 2.24) is 15.3 Å². The number of benzene rings is 1. The Morgan fingerprint density at radius 1 is 1.11 bits per heavy atom. The normalized spacial score (nSPS) is 11.0. The van der Waals surface area contributed by atoms with Gasteiger partial charge in [-0.05, 0) is 45.9 Å². The van der Waals surface area contributed by atoms with Crippen LogP contribution < -0.4 is 5.32 Å². The van der Waals surface area contributed by atoms with Crippen LogP contribution in [0.5, 0.6) is 0 Å². The first kappa shape index (κ1) is 13.8. The molecule has 1 aromatic heterocycles. The van der Waals surface area contributed by atoms with Crippen LogP contribution in [0.3, 0.4) is 0 Å². The molecule has 0 radical (unpaired) electrons. The molecule has 0 saturated carbocycles. The number of hydrogen-bond donors (Lipinski definition) is 2. The quantitative estimate of drug-likeness (QED) is 0.883. The molecule has 0 saturated heterocycles. The number of nitrogens with zero attached hydrogens (tertiary/aromatic N) is 1. The molecule has 2 rings (SSSR count). The number of aromatic amines is 1. The highest BCUT2D eigenvalue weighted by Gasteiger charge is 2.13. The Bertz CT molecular complexity index is 559. The van der Waals surface area contributed by atoms with Gasteiger partial charge in [0.15, 0.2) is 0 Å². The predicted octanol–water partition coefficient (Wildman–Crippen LogP) is 3.07. The molecule has 0 unspecified atom stereocenters. The van der Waals surface area contributed by atoms with Gasteiger partial charge in [-0.15, -0.1) is 0 Å². The van der Waals surface area contributed by atoms with Gasteiger partial charge in [0.2, 0.25) is 0 Å². The van der Waals surface area contributed by atoms with Crippen LogP contribution in [0, 0.1) is 27.7 Å². The molecule has 2 N–H and O–H groups in total. The minimum Gasteiger partial charge on any atom is -0.346 e. The average molecular weight is 257 g/mol. The lowest BCUT2D eigenvalue weighted by molar-refractivity contribution is 0.763. The summed E-state index contributed by atoms with van der Waals surface area (Å²) >= 11 is 0. The second-order valence-corrected chi connectivity index (χ2v) is 5.28. The smallest absolute Gasteiger partial charge is 0.108 e. The van der Waals surface area contributed by atoms with Crippen LogP contribution in [0.4, 0.5) is 0 Å². The molecule has 0 amide bonds. The van der Waals surface area contributed by atoms with Gasteiger partial charge >= 0.3 is 0 Å². The van der Waals surface area contributed by atoms with Crippen molar-refractivity contribution < 1.29 is 0 Å². The Kier molecular flexibility index (Phi) is 4.05. The summed E-state index contributed by atoms with van der Waals surface area (Å²) in [5, 5.41) is 3.15. The van der Waals surface area contributed by atoms with E-state index in [1.807, 2.05) is 7.05 Å². The van der Waals surface area contributed by atoms with Crippen LogP contribution >= 0.6 is 0 Å². The first-order valence-corrected chi connectivity index (χ1v) is 6.81. The van der Waals surface area contributed by atoms with Gasteiger partial charge in [0.1, 0.15) is 5.82 Å². The molecule has 0 aliphatic heterocycles. The number of rotatable bonds is 4. The molecule has 0 aliphatic carbocycles. The van der Waals surface area contributed by atoms with Crippen LogP contribution in [0.2, 0.25) is 0 Å². The largest absolute Gasteiger partial charge is 0.346 e. The van der Waals surface area contributed by atoms with Crippen LogP contribution in [-0.2, 0) is 6.42 Å². The first-order chi connectivity index (χ1) is 9.02. The molecule has 19 heavy (non-hydrogen) atoms. The van der Waals surface area contributed by atoms with Gasteiger partial charge < -0.3 is 10.3 Å². The number of H-pyrrole nitrogens is 1. The summed E-state index contributed by atoms with van der Waals surface area (Å²) in [5.74, 6) is 1.06. The van der Waals surface area contributed by atoms with Gasteiger partial charge in [-0.2, -0.15) is 0 Å². The van der Waals surface area contributed by atoms with Crippen molar-refractivity contribution in [1.29, 1.82) is 0 Å². The van der Waals surface area contributed by atoms with Gasteiger partial charge in [-0.25, -0.2) is 4.98 Å². The average Bonchev–Trinajstić information content (AvgIpc) is 2.67. The molecule has 3 heteroatoms. The highest BCUT2D eigenvalue weighted by atomic mass is 14.9. The molecule has 1 aromatic carbocycles. The number of hydrogen-bond acceptors (Lipinski definition) is 2. The molecule has 1 heterocycles. The monoisotopic (exact) mass is 257 g/mol. The predicted molar refractivity (Wildman–Crippen MR) is 80.6 cm³/mol. The van der Waals surface area contributed by atoms with Gasteiger partial charge in [0.05, 0.1) is 5.69 Å². The maximum Gasteiger partial charge on any atom is 0.108 e. The van der Waals surface area contributed by atoms with E-state index in [0.717, 1.165) is 30.2 Å². The summed E-state index contributed by atoms with van der Waals surface area (Å²) in [6, 6.07) is 4.45. The minimum absolute atomic E-state index is 0.932. The summed E-state index contributed by atoms with van der Waals surface area (Å²) in [7, 11) is 1.96. The van der Waals surface area contributed by atoms with Crippen molar-refractivity contribution in [2.45, 2.75) is 34.1 Å². The minimum atomic E-state index is 0.932. The summed E-state index contributed by atoms with van der Waals surface area (Å²) in [4.78, 5) is 8.17. The van der Waals surface area contributed by atoms with E-state index in [-0.39, 0.29) is 0 Å². The van der Waals surface area contributed by atoms with E-state index in [0.29, 0.717) is 0 Å². The second-order valence-electron chi connectivity index (χ2n) is 5.28. The number of imidazole rings is 1. The molecule has 0 spiro atoms. The Morgan fingerprint density at radius 3 is 2.32 bits per heavy atom. The summed E-state index contributed by atoms with van der Waals surface area (Å²) in [5.41, 5.74) is 7.43. The second kappa shape index (κ2) is 5.57. The first-order valence-electron chi connectivity index (χ1n) is 6.81.